The minimum atomic E-state index is -1.01. The highest BCUT2D eigenvalue weighted by Gasteiger charge is 2.44. The van der Waals surface area contributed by atoms with Crippen LogP contribution in [0.25, 0.3) is 0 Å². The SMILES string of the molecule is CC(NC(=O)C1CC1c1ccc(Br)cc1)C(=O)O. The summed E-state index contributed by atoms with van der Waals surface area (Å²) < 4.78 is 1.01. The number of carbonyl (C=O) groups excluding carboxylic acids is 1. The van der Waals surface area contributed by atoms with Crippen LogP contribution in [0.4, 0.5) is 0 Å². The molecule has 5 heteroatoms. The second-order valence-corrected chi connectivity index (χ2v) is 5.48. The number of nitrogens with one attached hydrogen (secondary N) is 1. The highest BCUT2D eigenvalue weighted by atomic mass is 79.9. The lowest BCUT2D eigenvalue weighted by Gasteiger charge is -2.08. The number of hydrogen-bond acceptors (Lipinski definition) is 2. The van der Waals surface area contributed by atoms with Gasteiger partial charge >= 0.3 is 5.97 Å². The zero-order valence-corrected chi connectivity index (χ0v) is 11.5. The van der Waals surface area contributed by atoms with Crippen LogP contribution in [0.3, 0.4) is 0 Å². The van der Waals surface area contributed by atoms with Crippen molar-refractivity contribution < 1.29 is 14.7 Å². The Morgan fingerprint density at radius 2 is 2.00 bits per heavy atom. The van der Waals surface area contributed by atoms with Crippen LogP contribution in [0.1, 0.15) is 24.8 Å². The summed E-state index contributed by atoms with van der Waals surface area (Å²) in [7, 11) is 0. The Bertz CT molecular complexity index is 472. The van der Waals surface area contributed by atoms with Gasteiger partial charge in [0.2, 0.25) is 5.91 Å². The maximum absolute atomic E-state index is 11.8. The third-order valence-corrected chi connectivity index (χ3v) is 3.68. The van der Waals surface area contributed by atoms with E-state index in [1.807, 2.05) is 24.3 Å². The minimum absolute atomic E-state index is 0.0898. The molecule has 4 nitrogen and oxygen atoms in total. The van der Waals surface area contributed by atoms with Gasteiger partial charge in [-0.25, -0.2) is 0 Å². The molecule has 0 aliphatic heterocycles. The zero-order valence-electron chi connectivity index (χ0n) is 9.89. The molecule has 0 bridgehead atoms. The molecule has 0 heterocycles. The maximum Gasteiger partial charge on any atom is 0.325 e. The first-order chi connectivity index (χ1) is 8.49. The van der Waals surface area contributed by atoms with Crippen molar-refractivity contribution in [2.24, 2.45) is 5.92 Å². The molecule has 1 aromatic rings. The molecule has 2 N–H and O–H groups in total. The van der Waals surface area contributed by atoms with Crippen molar-refractivity contribution in [2.75, 3.05) is 0 Å². The normalized spacial score (nSPS) is 23.2. The molecule has 0 saturated heterocycles. The Kier molecular flexibility index (Phi) is 3.71. The molecule has 0 aromatic heterocycles. The summed E-state index contributed by atoms with van der Waals surface area (Å²) in [6.45, 7) is 1.47. The number of carboxylic acid groups (broad SMARTS) is 1. The molecule has 0 spiro atoms. The van der Waals surface area contributed by atoms with Gasteiger partial charge in [-0.15, -0.1) is 0 Å². The fraction of sp³-hybridized carbons (Fsp3) is 0.385. The number of halogens is 1. The van der Waals surface area contributed by atoms with E-state index in [-0.39, 0.29) is 17.7 Å². The topological polar surface area (TPSA) is 66.4 Å². The fourth-order valence-corrected chi connectivity index (χ4v) is 2.21. The number of carboxylic acids is 1. The summed E-state index contributed by atoms with van der Waals surface area (Å²) >= 11 is 3.36. The van der Waals surface area contributed by atoms with Gasteiger partial charge in [-0.2, -0.15) is 0 Å². The molecule has 1 aliphatic rings. The van der Waals surface area contributed by atoms with Crippen LogP contribution in [0.5, 0.6) is 0 Å². The lowest BCUT2D eigenvalue weighted by Crippen LogP contribution is -2.39. The number of benzene rings is 1. The van der Waals surface area contributed by atoms with Crippen molar-refractivity contribution >= 4 is 27.8 Å². The van der Waals surface area contributed by atoms with E-state index < -0.39 is 12.0 Å². The Hall–Kier alpha value is -1.36. The first-order valence-electron chi connectivity index (χ1n) is 5.77. The van der Waals surface area contributed by atoms with E-state index in [9.17, 15) is 9.59 Å². The zero-order chi connectivity index (χ0) is 13.3. The van der Waals surface area contributed by atoms with E-state index in [0.717, 1.165) is 16.5 Å². The molecular formula is C13H14BrNO3. The van der Waals surface area contributed by atoms with Crippen LogP contribution in [-0.2, 0) is 9.59 Å². The van der Waals surface area contributed by atoms with E-state index in [1.165, 1.54) is 6.92 Å². The van der Waals surface area contributed by atoms with Crippen molar-refractivity contribution in [2.45, 2.75) is 25.3 Å². The van der Waals surface area contributed by atoms with Crippen molar-refractivity contribution in [3.8, 4) is 0 Å². The van der Waals surface area contributed by atoms with E-state index in [0.29, 0.717) is 0 Å². The average molecular weight is 312 g/mol. The Labute approximate surface area is 114 Å². The van der Waals surface area contributed by atoms with Gasteiger partial charge in [-0.3, -0.25) is 9.59 Å². The average Bonchev–Trinajstić information content (AvgIpc) is 3.09. The summed E-state index contributed by atoms with van der Waals surface area (Å²) in [4.78, 5) is 22.4. The molecule has 3 atom stereocenters. The number of amides is 1. The Balaban J connectivity index is 1.93. The molecule has 1 saturated carbocycles. The monoisotopic (exact) mass is 311 g/mol. The molecular weight excluding hydrogens is 298 g/mol. The van der Waals surface area contributed by atoms with Gasteiger partial charge < -0.3 is 10.4 Å². The lowest BCUT2D eigenvalue weighted by atomic mass is 10.1. The van der Waals surface area contributed by atoms with E-state index in [4.69, 9.17) is 5.11 Å². The molecule has 18 heavy (non-hydrogen) atoms. The second kappa shape index (κ2) is 5.10. The quantitative estimate of drug-likeness (QED) is 0.895. The summed E-state index contributed by atoms with van der Waals surface area (Å²) in [5, 5.41) is 11.2. The molecule has 3 unspecified atom stereocenters. The Morgan fingerprint density at radius 1 is 1.39 bits per heavy atom. The predicted molar refractivity (Wildman–Crippen MR) is 70.2 cm³/mol. The van der Waals surface area contributed by atoms with Gasteiger partial charge in [-0.1, -0.05) is 28.1 Å². The lowest BCUT2D eigenvalue weighted by molar-refractivity contribution is -0.141. The molecule has 1 aliphatic carbocycles. The van der Waals surface area contributed by atoms with Gasteiger partial charge in [-0.05, 0) is 37.0 Å². The highest BCUT2D eigenvalue weighted by molar-refractivity contribution is 9.10. The first kappa shape index (κ1) is 13.1. The van der Waals surface area contributed by atoms with Crippen molar-refractivity contribution in [1.29, 1.82) is 0 Å². The van der Waals surface area contributed by atoms with Gasteiger partial charge in [0, 0.05) is 10.4 Å². The number of aliphatic carboxylic acids is 1. The number of rotatable bonds is 4. The molecule has 0 radical (unpaired) electrons. The molecule has 1 aromatic carbocycles. The van der Waals surface area contributed by atoms with Gasteiger partial charge in [0.25, 0.3) is 0 Å². The molecule has 1 fully saturated rings. The van der Waals surface area contributed by atoms with Crippen LogP contribution < -0.4 is 5.32 Å². The first-order valence-corrected chi connectivity index (χ1v) is 6.57. The largest absolute Gasteiger partial charge is 0.480 e. The van der Waals surface area contributed by atoms with Gasteiger partial charge in [0.1, 0.15) is 6.04 Å². The van der Waals surface area contributed by atoms with Gasteiger partial charge in [0.05, 0.1) is 0 Å². The standard InChI is InChI=1S/C13H14BrNO3/c1-7(13(17)18)15-12(16)11-6-10(11)8-2-4-9(14)5-3-8/h2-5,7,10-11H,6H2,1H3,(H,15,16)(H,17,18). The third kappa shape index (κ3) is 2.90. The third-order valence-electron chi connectivity index (χ3n) is 3.15. The van der Waals surface area contributed by atoms with Crippen molar-refractivity contribution in [3.05, 3.63) is 34.3 Å². The van der Waals surface area contributed by atoms with E-state index >= 15 is 0 Å². The highest BCUT2D eigenvalue weighted by Crippen LogP contribution is 2.47. The predicted octanol–water partition coefficient (Wildman–Crippen LogP) is 2.14. The summed E-state index contributed by atoms with van der Waals surface area (Å²) in [6.07, 6.45) is 0.791. The molecule has 1 amide bonds. The molecule has 96 valence electrons. The van der Waals surface area contributed by atoms with Crippen molar-refractivity contribution in [3.63, 3.8) is 0 Å². The summed E-state index contributed by atoms with van der Waals surface area (Å²) in [5.74, 6) is -1.05. The van der Waals surface area contributed by atoms with Crippen LogP contribution in [0.2, 0.25) is 0 Å². The Morgan fingerprint density at radius 3 is 2.56 bits per heavy atom. The second-order valence-electron chi connectivity index (χ2n) is 4.57. The summed E-state index contributed by atoms with van der Waals surface area (Å²) in [6, 6.07) is 7.04. The molecule has 2 rings (SSSR count). The van der Waals surface area contributed by atoms with E-state index in [1.54, 1.807) is 0 Å². The summed E-state index contributed by atoms with van der Waals surface area (Å²) in [5.41, 5.74) is 1.13. The number of carbonyl (C=O) groups is 2. The fourth-order valence-electron chi connectivity index (χ4n) is 1.95. The van der Waals surface area contributed by atoms with Crippen molar-refractivity contribution in [1.82, 2.24) is 5.32 Å². The van der Waals surface area contributed by atoms with Crippen LogP contribution in [-0.4, -0.2) is 23.0 Å². The van der Waals surface area contributed by atoms with Crippen LogP contribution >= 0.6 is 15.9 Å². The van der Waals surface area contributed by atoms with Crippen LogP contribution in [0, 0.1) is 5.92 Å². The van der Waals surface area contributed by atoms with E-state index in [2.05, 4.69) is 21.2 Å². The smallest absolute Gasteiger partial charge is 0.325 e. The number of hydrogen-bond donors (Lipinski definition) is 2. The maximum atomic E-state index is 11.8. The van der Waals surface area contributed by atoms with Crippen LogP contribution in [0.15, 0.2) is 28.7 Å². The van der Waals surface area contributed by atoms with Gasteiger partial charge in [0.15, 0.2) is 0 Å². The minimum Gasteiger partial charge on any atom is -0.480 e.